The van der Waals surface area contributed by atoms with Crippen molar-refractivity contribution in [2.45, 2.75) is 39.7 Å². The Bertz CT molecular complexity index is 873. The Morgan fingerprint density at radius 1 is 0.840 bits per heavy atom. The quantitative estimate of drug-likeness (QED) is 0.560. The number of rotatable bonds is 3. The maximum absolute atomic E-state index is 2.63. The van der Waals surface area contributed by atoms with Crippen molar-refractivity contribution in [2.75, 3.05) is 13.1 Å². The molecule has 128 valence electrons. The highest BCUT2D eigenvalue weighted by atomic mass is 15.1. The summed E-state index contributed by atoms with van der Waals surface area (Å²) in [5.74, 6) is 0. The molecule has 0 N–H and O–H groups in total. The van der Waals surface area contributed by atoms with Gasteiger partial charge in [-0.1, -0.05) is 60.5 Å². The van der Waals surface area contributed by atoms with E-state index in [1.807, 2.05) is 0 Å². The summed E-state index contributed by atoms with van der Waals surface area (Å²) in [6.07, 6.45) is 4.08. The zero-order valence-electron chi connectivity index (χ0n) is 15.4. The summed E-state index contributed by atoms with van der Waals surface area (Å²) in [5, 5.41) is 2.74. The summed E-state index contributed by atoms with van der Waals surface area (Å²) in [4.78, 5) is 2.63. The summed E-state index contributed by atoms with van der Waals surface area (Å²) in [6.45, 7) is 8.06. The average Bonchev–Trinajstić information content (AvgIpc) is 2.64. The van der Waals surface area contributed by atoms with E-state index in [9.17, 15) is 0 Å². The first-order chi connectivity index (χ1) is 12.2. The molecule has 1 aliphatic rings. The molecule has 0 radical (unpaired) electrons. The van der Waals surface area contributed by atoms with Crippen LogP contribution in [0.1, 0.15) is 36.0 Å². The van der Waals surface area contributed by atoms with Crippen molar-refractivity contribution in [1.82, 2.24) is 4.90 Å². The fourth-order valence-corrected chi connectivity index (χ4v) is 4.17. The molecule has 1 saturated heterocycles. The van der Waals surface area contributed by atoms with Crippen LogP contribution in [-0.4, -0.2) is 18.0 Å². The molecule has 25 heavy (non-hydrogen) atoms. The SMILES string of the molecule is Cc1ccc2cc(CN3CCCCC3)c(C)c(-c3ccccc3)c2c1. The number of nitrogens with zero attached hydrogens (tertiary/aromatic N) is 1. The smallest absolute Gasteiger partial charge is 0.0236 e. The molecular weight excluding hydrogens is 302 g/mol. The van der Waals surface area contributed by atoms with Crippen LogP contribution in [0.15, 0.2) is 54.6 Å². The Labute approximate surface area is 151 Å². The molecule has 3 aromatic carbocycles. The van der Waals surface area contributed by atoms with Gasteiger partial charge in [0.05, 0.1) is 0 Å². The zero-order valence-corrected chi connectivity index (χ0v) is 15.4. The maximum atomic E-state index is 2.63. The molecule has 1 nitrogen and oxygen atoms in total. The maximum Gasteiger partial charge on any atom is 0.0236 e. The van der Waals surface area contributed by atoms with E-state index < -0.39 is 0 Å². The standard InChI is InChI=1S/C24H27N/c1-18-11-12-21-16-22(17-25-13-7-4-8-14-25)19(2)24(23(21)15-18)20-9-5-3-6-10-20/h3,5-6,9-12,15-16H,4,7-8,13-14,17H2,1-2H3. The number of piperidine rings is 1. The van der Waals surface area contributed by atoms with Crippen molar-refractivity contribution >= 4 is 10.8 Å². The predicted octanol–water partition coefficient (Wildman–Crippen LogP) is 6.11. The van der Waals surface area contributed by atoms with Crippen molar-refractivity contribution in [3.63, 3.8) is 0 Å². The van der Waals surface area contributed by atoms with Crippen LogP contribution in [0.2, 0.25) is 0 Å². The topological polar surface area (TPSA) is 3.24 Å². The molecule has 0 unspecified atom stereocenters. The van der Waals surface area contributed by atoms with Crippen molar-refractivity contribution in [3.05, 3.63) is 71.3 Å². The fourth-order valence-electron chi connectivity index (χ4n) is 4.17. The minimum absolute atomic E-state index is 1.08. The van der Waals surface area contributed by atoms with Crippen LogP contribution in [0.3, 0.4) is 0 Å². The molecule has 0 amide bonds. The lowest BCUT2D eigenvalue weighted by Gasteiger charge is -2.28. The van der Waals surface area contributed by atoms with E-state index in [0.717, 1.165) is 6.54 Å². The first-order valence-corrected chi connectivity index (χ1v) is 9.53. The summed E-state index contributed by atoms with van der Waals surface area (Å²) in [6, 6.07) is 20.2. The molecule has 0 bridgehead atoms. The Kier molecular flexibility index (Phi) is 4.59. The molecule has 0 aliphatic carbocycles. The van der Waals surface area contributed by atoms with Gasteiger partial charge in [0.15, 0.2) is 0 Å². The van der Waals surface area contributed by atoms with Gasteiger partial charge in [-0.2, -0.15) is 0 Å². The van der Waals surface area contributed by atoms with Gasteiger partial charge in [0.2, 0.25) is 0 Å². The third-order valence-electron chi connectivity index (χ3n) is 5.57. The molecule has 4 rings (SSSR count). The number of benzene rings is 3. The zero-order chi connectivity index (χ0) is 17.2. The van der Waals surface area contributed by atoms with Crippen LogP contribution in [-0.2, 0) is 6.54 Å². The van der Waals surface area contributed by atoms with E-state index in [-0.39, 0.29) is 0 Å². The molecule has 1 heteroatoms. The van der Waals surface area contributed by atoms with E-state index >= 15 is 0 Å². The first-order valence-electron chi connectivity index (χ1n) is 9.53. The summed E-state index contributed by atoms with van der Waals surface area (Å²) in [5.41, 5.74) is 6.99. The monoisotopic (exact) mass is 329 g/mol. The van der Waals surface area contributed by atoms with Gasteiger partial charge in [-0.15, -0.1) is 0 Å². The Hall–Kier alpha value is -2.12. The second-order valence-corrected chi connectivity index (χ2v) is 7.46. The first kappa shape index (κ1) is 16.4. The minimum atomic E-state index is 1.08. The highest BCUT2D eigenvalue weighted by molar-refractivity contribution is 5.99. The second-order valence-electron chi connectivity index (χ2n) is 7.46. The lowest BCUT2D eigenvalue weighted by Crippen LogP contribution is -2.29. The summed E-state index contributed by atoms with van der Waals surface area (Å²) in [7, 11) is 0. The van der Waals surface area contributed by atoms with E-state index in [4.69, 9.17) is 0 Å². The van der Waals surface area contributed by atoms with Gasteiger partial charge in [0.1, 0.15) is 0 Å². The lowest BCUT2D eigenvalue weighted by molar-refractivity contribution is 0.220. The second kappa shape index (κ2) is 7.01. The molecule has 1 heterocycles. The van der Waals surface area contributed by atoms with Gasteiger partial charge >= 0.3 is 0 Å². The predicted molar refractivity (Wildman–Crippen MR) is 108 cm³/mol. The van der Waals surface area contributed by atoms with Gasteiger partial charge in [-0.05, 0) is 78.9 Å². The number of fused-ring (bicyclic) bond motifs is 1. The van der Waals surface area contributed by atoms with Crippen LogP contribution < -0.4 is 0 Å². The minimum Gasteiger partial charge on any atom is -0.299 e. The van der Waals surface area contributed by atoms with Crippen LogP contribution in [0.25, 0.3) is 21.9 Å². The van der Waals surface area contributed by atoms with Crippen LogP contribution in [0.5, 0.6) is 0 Å². The molecule has 0 atom stereocenters. The number of hydrogen-bond donors (Lipinski definition) is 0. The molecule has 0 aromatic heterocycles. The Balaban J connectivity index is 1.87. The van der Waals surface area contributed by atoms with Gasteiger partial charge in [0.25, 0.3) is 0 Å². The van der Waals surface area contributed by atoms with Crippen LogP contribution in [0, 0.1) is 13.8 Å². The fraction of sp³-hybridized carbons (Fsp3) is 0.333. The molecule has 0 saturated carbocycles. The molecular formula is C24H27N. The average molecular weight is 329 g/mol. The molecule has 3 aromatic rings. The van der Waals surface area contributed by atoms with Gasteiger partial charge in [0, 0.05) is 6.54 Å². The third kappa shape index (κ3) is 3.34. The van der Waals surface area contributed by atoms with Crippen molar-refractivity contribution in [2.24, 2.45) is 0 Å². The molecule has 1 aliphatic heterocycles. The summed E-state index contributed by atoms with van der Waals surface area (Å²) < 4.78 is 0. The van der Waals surface area contributed by atoms with Gasteiger partial charge < -0.3 is 0 Å². The van der Waals surface area contributed by atoms with Crippen molar-refractivity contribution in [3.8, 4) is 11.1 Å². The van der Waals surface area contributed by atoms with E-state index in [1.54, 1.807) is 0 Å². The van der Waals surface area contributed by atoms with E-state index in [2.05, 4.69) is 73.3 Å². The van der Waals surface area contributed by atoms with E-state index in [1.165, 1.54) is 70.9 Å². The highest BCUT2D eigenvalue weighted by Gasteiger charge is 2.16. The normalized spacial score (nSPS) is 15.6. The Morgan fingerprint density at radius 3 is 2.36 bits per heavy atom. The van der Waals surface area contributed by atoms with E-state index in [0.29, 0.717) is 0 Å². The number of aryl methyl sites for hydroxylation is 1. The van der Waals surface area contributed by atoms with Crippen LogP contribution >= 0.6 is 0 Å². The lowest BCUT2D eigenvalue weighted by atomic mass is 9.89. The molecule has 0 spiro atoms. The highest BCUT2D eigenvalue weighted by Crippen LogP contribution is 2.35. The largest absolute Gasteiger partial charge is 0.299 e. The molecule has 1 fully saturated rings. The number of likely N-dealkylation sites (tertiary alicyclic amines) is 1. The van der Waals surface area contributed by atoms with Crippen LogP contribution in [0.4, 0.5) is 0 Å². The van der Waals surface area contributed by atoms with Gasteiger partial charge in [-0.3, -0.25) is 4.90 Å². The Morgan fingerprint density at radius 2 is 1.60 bits per heavy atom. The number of hydrogen-bond acceptors (Lipinski definition) is 1. The van der Waals surface area contributed by atoms with Crippen molar-refractivity contribution < 1.29 is 0 Å². The third-order valence-corrected chi connectivity index (χ3v) is 5.57. The summed E-state index contributed by atoms with van der Waals surface area (Å²) >= 11 is 0. The van der Waals surface area contributed by atoms with Crippen molar-refractivity contribution in [1.29, 1.82) is 0 Å². The van der Waals surface area contributed by atoms with Gasteiger partial charge in [-0.25, -0.2) is 0 Å².